The van der Waals surface area contributed by atoms with Gasteiger partial charge in [-0.05, 0) is 117 Å². The summed E-state index contributed by atoms with van der Waals surface area (Å²) in [6.45, 7) is 6.16. The van der Waals surface area contributed by atoms with E-state index >= 15 is 0 Å². The summed E-state index contributed by atoms with van der Waals surface area (Å²) in [5.41, 5.74) is 1.86. The van der Waals surface area contributed by atoms with Gasteiger partial charge < -0.3 is 24.7 Å². The third-order valence-corrected chi connectivity index (χ3v) is 12.9. The molecule has 4 aliphatic carbocycles. The van der Waals surface area contributed by atoms with Crippen LogP contribution in [0.4, 0.5) is 0 Å². The monoisotopic (exact) mass is 628 g/mol. The number of cyclic esters (lactones) is 1. The van der Waals surface area contributed by atoms with Crippen molar-refractivity contribution in [1.82, 2.24) is 10.4 Å². The number of hydrogen-bond acceptors (Lipinski definition) is 8. The zero-order chi connectivity index (χ0) is 31.8. The maximum atomic E-state index is 12.5. The van der Waals surface area contributed by atoms with Gasteiger partial charge in [0.15, 0.2) is 6.23 Å². The Labute approximate surface area is 266 Å². The summed E-state index contributed by atoms with van der Waals surface area (Å²) >= 11 is 0. The Morgan fingerprint density at radius 1 is 1.00 bits per heavy atom. The van der Waals surface area contributed by atoms with Gasteiger partial charge in [0.1, 0.15) is 13.2 Å². The molecule has 0 aromatic carbocycles. The molecule has 4 saturated carbocycles. The first-order chi connectivity index (χ1) is 21.6. The van der Waals surface area contributed by atoms with E-state index in [1.807, 2.05) is 0 Å². The van der Waals surface area contributed by atoms with E-state index < -0.39 is 12.2 Å². The van der Waals surface area contributed by atoms with E-state index in [0.29, 0.717) is 36.8 Å². The van der Waals surface area contributed by atoms with Crippen LogP contribution in [0.15, 0.2) is 11.6 Å². The van der Waals surface area contributed by atoms with Crippen LogP contribution in [0.25, 0.3) is 0 Å². The predicted octanol–water partition coefficient (Wildman–Crippen LogP) is 4.59. The molecular weight excluding hydrogens is 576 g/mol. The molecule has 9 atom stereocenters. The second-order valence-corrected chi connectivity index (χ2v) is 15.2. The standard InChI is InChI=1S/C35H52N2O8/c1-34-15-13-24(43-21-29(38)36-17-5-3-4-6-32(41)45-37-30(39)11-12-31(37)40)19-23(34)7-8-25-27-10-9-26(22-18-33(42)44-20-22)35(27,2)16-14-28(25)34/h18,23-28,30,39H,3-17,19-21H2,1-2H3,(H,36,38)/t23?,24-,25-,26+,27?,28+,30?,34-,35+/m0/s1. The van der Waals surface area contributed by atoms with Crippen LogP contribution in [0.2, 0.25) is 0 Å². The van der Waals surface area contributed by atoms with E-state index in [0.717, 1.165) is 48.5 Å². The number of unbranched alkanes of at least 4 members (excludes halogenated alkanes) is 2. The molecule has 2 N–H and O–H groups in total. The molecule has 1 saturated heterocycles. The third-order valence-electron chi connectivity index (χ3n) is 12.9. The first-order valence-electron chi connectivity index (χ1n) is 17.5. The lowest BCUT2D eigenvalue weighted by Gasteiger charge is -2.61. The van der Waals surface area contributed by atoms with Gasteiger partial charge in [-0.1, -0.05) is 20.3 Å². The number of esters is 1. The first-order valence-corrected chi connectivity index (χ1v) is 17.5. The molecule has 5 fully saturated rings. The van der Waals surface area contributed by atoms with Crippen LogP contribution >= 0.6 is 0 Å². The van der Waals surface area contributed by atoms with E-state index in [9.17, 15) is 24.3 Å². The van der Waals surface area contributed by atoms with Gasteiger partial charge in [0.2, 0.25) is 5.91 Å². The van der Waals surface area contributed by atoms with E-state index in [1.165, 1.54) is 50.5 Å². The van der Waals surface area contributed by atoms with E-state index in [2.05, 4.69) is 19.2 Å². The van der Waals surface area contributed by atoms with Gasteiger partial charge >= 0.3 is 11.9 Å². The van der Waals surface area contributed by atoms with Crippen LogP contribution in [-0.2, 0) is 33.5 Å². The van der Waals surface area contributed by atoms with Crippen LogP contribution in [0.1, 0.15) is 110 Å². The summed E-state index contributed by atoms with van der Waals surface area (Å²) in [6.07, 6.45) is 14.3. The fourth-order valence-corrected chi connectivity index (χ4v) is 10.5. The minimum absolute atomic E-state index is 0.0859. The third kappa shape index (κ3) is 6.55. The van der Waals surface area contributed by atoms with Crippen molar-refractivity contribution in [1.29, 1.82) is 0 Å². The highest BCUT2D eigenvalue weighted by Gasteiger charge is 2.60. The van der Waals surface area contributed by atoms with Crippen molar-refractivity contribution in [2.24, 2.45) is 40.4 Å². The van der Waals surface area contributed by atoms with Crippen molar-refractivity contribution in [2.45, 2.75) is 122 Å². The maximum absolute atomic E-state index is 12.5. The molecule has 2 heterocycles. The van der Waals surface area contributed by atoms with Gasteiger partial charge in [-0.15, -0.1) is 5.06 Å². The number of ether oxygens (including phenoxy) is 2. The van der Waals surface area contributed by atoms with E-state index in [-0.39, 0.29) is 55.2 Å². The number of nitrogens with one attached hydrogen (secondary N) is 1. The Morgan fingerprint density at radius 2 is 1.80 bits per heavy atom. The number of rotatable bonds is 11. The fraction of sp³-hybridized carbons (Fsp3) is 0.829. The molecule has 6 aliphatic rings. The van der Waals surface area contributed by atoms with Crippen molar-refractivity contribution >= 4 is 23.8 Å². The van der Waals surface area contributed by atoms with Crippen molar-refractivity contribution in [2.75, 3.05) is 19.8 Å². The van der Waals surface area contributed by atoms with Gasteiger partial charge in [0.05, 0.1) is 6.10 Å². The van der Waals surface area contributed by atoms with Crippen molar-refractivity contribution in [3.63, 3.8) is 0 Å². The molecule has 45 heavy (non-hydrogen) atoms. The largest absolute Gasteiger partial charge is 0.458 e. The molecule has 6 rings (SSSR count). The fourth-order valence-electron chi connectivity index (χ4n) is 10.5. The number of amides is 2. The Balaban J connectivity index is 0.888. The Kier molecular flexibility index (Phi) is 9.63. The predicted molar refractivity (Wildman–Crippen MR) is 164 cm³/mol. The number of carbonyl (C=O) groups is 4. The van der Waals surface area contributed by atoms with Crippen molar-refractivity contribution in [3.8, 4) is 0 Å². The van der Waals surface area contributed by atoms with Crippen LogP contribution in [-0.4, -0.2) is 66.0 Å². The lowest BCUT2D eigenvalue weighted by atomic mass is 9.44. The molecule has 0 bridgehead atoms. The molecule has 0 spiro atoms. The van der Waals surface area contributed by atoms with Gasteiger partial charge in [0.25, 0.3) is 5.91 Å². The molecule has 3 unspecified atom stereocenters. The number of fused-ring (bicyclic) bond motifs is 5. The summed E-state index contributed by atoms with van der Waals surface area (Å²) < 4.78 is 11.5. The first kappa shape index (κ1) is 32.5. The molecular formula is C35H52N2O8. The molecule has 2 aliphatic heterocycles. The number of nitrogens with zero attached hydrogens (tertiary/aromatic N) is 1. The molecule has 2 amide bonds. The number of hydrogen-bond donors (Lipinski definition) is 2. The Bertz CT molecular complexity index is 1190. The van der Waals surface area contributed by atoms with Crippen LogP contribution in [0.3, 0.4) is 0 Å². The maximum Gasteiger partial charge on any atom is 0.332 e. The van der Waals surface area contributed by atoms with Gasteiger partial charge in [-0.2, -0.15) is 0 Å². The number of hydroxylamine groups is 2. The summed E-state index contributed by atoms with van der Waals surface area (Å²) in [4.78, 5) is 52.8. The molecule has 10 heteroatoms. The minimum Gasteiger partial charge on any atom is -0.458 e. The van der Waals surface area contributed by atoms with Crippen LogP contribution < -0.4 is 5.32 Å². The van der Waals surface area contributed by atoms with Gasteiger partial charge in [-0.25, -0.2) is 9.59 Å². The summed E-state index contributed by atoms with van der Waals surface area (Å²) in [6, 6.07) is 0. The van der Waals surface area contributed by atoms with Crippen LogP contribution in [0, 0.1) is 40.4 Å². The highest BCUT2D eigenvalue weighted by atomic mass is 16.7. The smallest absolute Gasteiger partial charge is 0.332 e. The lowest BCUT2D eigenvalue weighted by molar-refractivity contribution is -0.220. The molecule has 250 valence electrons. The summed E-state index contributed by atoms with van der Waals surface area (Å²) in [5, 5.41) is 13.4. The zero-order valence-electron chi connectivity index (χ0n) is 27.1. The molecule has 0 aromatic heterocycles. The number of aliphatic hydroxyl groups is 1. The summed E-state index contributed by atoms with van der Waals surface area (Å²) in [7, 11) is 0. The highest BCUT2D eigenvalue weighted by molar-refractivity contribution is 5.85. The number of carbonyl (C=O) groups excluding carboxylic acids is 4. The average molecular weight is 629 g/mol. The molecule has 0 aromatic rings. The topological polar surface area (TPSA) is 131 Å². The minimum atomic E-state index is -1.05. The molecule has 10 nitrogen and oxygen atoms in total. The summed E-state index contributed by atoms with van der Waals surface area (Å²) in [5.74, 6) is 2.22. The quantitative estimate of drug-likeness (QED) is 0.251. The van der Waals surface area contributed by atoms with Crippen molar-refractivity contribution < 1.29 is 38.6 Å². The second-order valence-electron chi connectivity index (χ2n) is 15.2. The SMILES string of the molecule is C[C@]12CC[C@@H]3[C@@H](CCC4C[C@@H](OCC(=O)NCCCCCC(=O)ON5C(=O)CCC5O)CC[C@@]43C)C1CC[C@@H]2C1=CC(=O)OC1. The molecule has 0 radical (unpaired) electrons. The number of aliphatic hydroxyl groups excluding tert-OH is 1. The van der Waals surface area contributed by atoms with E-state index in [1.54, 1.807) is 6.08 Å². The second kappa shape index (κ2) is 13.3. The Morgan fingerprint density at radius 3 is 2.56 bits per heavy atom. The lowest BCUT2D eigenvalue weighted by Crippen LogP contribution is -2.54. The highest BCUT2D eigenvalue weighted by Crippen LogP contribution is 2.68. The van der Waals surface area contributed by atoms with Crippen molar-refractivity contribution in [3.05, 3.63) is 11.6 Å². The normalized spacial score (nSPS) is 39.0. The van der Waals surface area contributed by atoms with E-state index in [4.69, 9.17) is 14.3 Å². The van der Waals surface area contributed by atoms with Crippen LogP contribution in [0.5, 0.6) is 0 Å². The average Bonchev–Trinajstić information content (AvgIpc) is 3.69. The Hall–Kier alpha value is -2.46. The van der Waals surface area contributed by atoms with Gasteiger partial charge in [0, 0.05) is 31.9 Å². The van der Waals surface area contributed by atoms with Gasteiger partial charge in [-0.3, -0.25) is 9.59 Å². The zero-order valence-corrected chi connectivity index (χ0v) is 27.1.